The SMILES string of the molecule is Cc1cccc(C)c1C(CNCc1ccccc1)OCCCc1c(F)cccc1F. The largest absolute Gasteiger partial charge is 0.372 e. The Morgan fingerprint density at radius 2 is 1.47 bits per heavy atom. The molecule has 0 aromatic heterocycles. The van der Waals surface area contributed by atoms with E-state index in [4.69, 9.17) is 4.74 Å². The van der Waals surface area contributed by atoms with E-state index >= 15 is 0 Å². The molecule has 1 atom stereocenters. The molecule has 1 unspecified atom stereocenters. The molecule has 3 aromatic rings. The minimum absolute atomic E-state index is 0.125. The average molecular weight is 410 g/mol. The van der Waals surface area contributed by atoms with Gasteiger partial charge in [0.25, 0.3) is 0 Å². The van der Waals surface area contributed by atoms with Crippen molar-refractivity contribution >= 4 is 0 Å². The van der Waals surface area contributed by atoms with Crippen LogP contribution in [0.4, 0.5) is 8.78 Å². The number of ether oxygens (including phenoxy) is 1. The molecule has 0 radical (unpaired) electrons. The number of hydrogen-bond acceptors (Lipinski definition) is 2. The topological polar surface area (TPSA) is 21.3 Å². The lowest BCUT2D eigenvalue weighted by molar-refractivity contribution is 0.0499. The van der Waals surface area contributed by atoms with Gasteiger partial charge < -0.3 is 10.1 Å². The van der Waals surface area contributed by atoms with Crippen LogP contribution in [-0.4, -0.2) is 13.2 Å². The third kappa shape index (κ3) is 5.97. The molecule has 3 aromatic carbocycles. The molecule has 4 heteroatoms. The smallest absolute Gasteiger partial charge is 0.129 e. The molecule has 0 aliphatic rings. The quantitative estimate of drug-likeness (QED) is 0.411. The summed E-state index contributed by atoms with van der Waals surface area (Å²) in [6.45, 7) is 6.02. The normalized spacial score (nSPS) is 12.1. The van der Waals surface area contributed by atoms with Crippen molar-refractivity contribution in [2.24, 2.45) is 0 Å². The molecule has 0 heterocycles. The van der Waals surface area contributed by atoms with Gasteiger partial charge >= 0.3 is 0 Å². The van der Waals surface area contributed by atoms with Gasteiger partial charge in [0.1, 0.15) is 11.6 Å². The van der Waals surface area contributed by atoms with Crippen LogP contribution in [0.15, 0.2) is 66.7 Å². The second-order valence-corrected chi connectivity index (χ2v) is 7.59. The van der Waals surface area contributed by atoms with E-state index in [9.17, 15) is 8.78 Å². The summed E-state index contributed by atoms with van der Waals surface area (Å²) < 4.78 is 33.9. The summed E-state index contributed by atoms with van der Waals surface area (Å²) in [5.41, 5.74) is 4.89. The monoisotopic (exact) mass is 409 g/mol. The molecule has 158 valence electrons. The lowest BCUT2D eigenvalue weighted by Crippen LogP contribution is -2.24. The van der Waals surface area contributed by atoms with Crippen molar-refractivity contribution in [1.29, 1.82) is 0 Å². The Labute approximate surface area is 177 Å². The Balaban J connectivity index is 1.62. The second-order valence-electron chi connectivity index (χ2n) is 7.59. The number of nitrogens with one attached hydrogen (secondary N) is 1. The van der Waals surface area contributed by atoms with E-state index in [1.165, 1.54) is 40.5 Å². The minimum Gasteiger partial charge on any atom is -0.372 e. The van der Waals surface area contributed by atoms with E-state index in [0.717, 1.165) is 6.54 Å². The van der Waals surface area contributed by atoms with Gasteiger partial charge in [0.05, 0.1) is 6.10 Å². The van der Waals surface area contributed by atoms with Crippen LogP contribution in [0, 0.1) is 25.5 Å². The lowest BCUT2D eigenvalue weighted by Gasteiger charge is -2.23. The number of rotatable bonds is 10. The molecule has 0 saturated carbocycles. The van der Waals surface area contributed by atoms with E-state index in [1.54, 1.807) is 0 Å². The third-order valence-electron chi connectivity index (χ3n) is 5.32. The van der Waals surface area contributed by atoms with Gasteiger partial charge in [-0.2, -0.15) is 0 Å². The number of hydrogen-bond donors (Lipinski definition) is 1. The number of halogens is 2. The maximum Gasteiger partial charge on any atom is 0.129 e. The predicted octanol–water partition coefficient (Wildman–Crippen LogP) is 6.06. The summed E-state index contributed by atoms with van der Waals surface area (Å²) in [4.78, 5) is 0. The van der Waals surface area contributed by atoms with Crippen LogP contribution in [-0.2, 0) is 17.7 Å². The highest BCUT2D eigenvalue weighted by Crippen LogP contribution is 2.25. The van der Waals surface area contributed by atoms with Crippen molar-refractivity contribution in [1.82, 2.24) is 5.32 Å². The average Bonchev–Trinajstić information content (AvgIpc) is 2.73. The Morgan fingerprint density at radius 1 is 0.833 bits per heavy atom. The van der Waals surface area contributed by atoms with Gasteiger partial charge in [-0.25, -0.2) is 8.78 Å². The summed E-state index contributed by atoms with van der Waals surface area (Å²) in [7, 11) is 0. The first-order chi connectivity index (χ1) is 14.6. The van der Waals surface area contributed by atoms with Gasteiger partial charge in [-0.15, -0.1) is 0 Å². The first-order valence-electron chi connectivity index (χ1n) is 10.4. The first-order valence-corrected chi connectivity index (χ1v) is 10.4. The maximum atomic E-state index is 13.8. The molecule has 0 bridgehead atoms. The Hall–Kier alpha value is -2.56. The van der Waals surface area contributed by atoms with Gasteiger partial charge in [-0.05, 0) is 61.1 Å². The summed E-state index contributed by atoms with van der Waals surface area (Å²) in [5, 5.41) is 3.49. The first kappa shape index (κ1) is 22.1. The van der Waals surface area contributed by atoms with Gasteiger partial charge in [0.2, 0.25) is 0 Å². The zero-order valence-corrected chi connectivity index (χ0v) is 17.6. The zero-order valence-electron chi connectivity index (χ0n) is 17.6. The Bertz CT molecular complexity index is 903. The highest BCUT2D eigenvalue weighted by molar-refractivity contribution is 5.35. The zero-order chi connectivity index (χ0) is 21.3. The van der Waals surface area contributed by atoms with Gasteiger partial charge in [0.15, 0.2) is 0 Å². The maximum absolute atomic E-state index is 13.8. The fourth-order valence-corrected chi connectivity index (χ4v) is 3.77. The highest BCUT2D eigenvalue weighted by Gasteiger charge is 2.17. The molecular weight excluding hydrogens is 380 g/mol. The number of benzene rings is 3. The van der Waals surface area contributed by atoms with E-state index in [1.807, 2.05) is 24.3 Å². The fourth-order valence-electron chi connectivity index (χ4n) is 3.77. The van der Waals surface area contributed by atoms with Crippen LogP contribution in [0.25, 0.3) is 0 Å². The van der Waals surface area contributed by atoms with Crippen LogP contribution < -0.4 is 5.32 Å². The molecule has 0 aliphatic heterocycles. The molecule has 3 rings (SSSR count). The molecule has 2 nitrogen and oxygen atoms in total. The van der Waals surface area contributed by atoms with Crippen LogP contribution in [0.3, 0.4) is 0 Å². The fraction of sp³-hybridized carbons (Fsp3) is 0.308. The Morgan fingerprint density at radius 3 is 2.13 bits per heavy atom. The minimum atomic E-state index is -0.495. The van der Waals surface area contributed by atoms with Crippen LogP contribution in [0.2, 0.25) is 0 Å². The van der Waals surface area contributed by atoms with Crippen molar-refractivity contribution in [3.8, 4) is 0 Å². The van der Waals surface area contributed by atoms with Gasteiger partial charge in [-0.1, -0.05) is 54.6 Å². The van der Waals surface area contributed by atoms with Gasteiger partial charge in [0, 0.05) is 25.3 Å². The van der Waals surface area contributed by atoms with Crippen molar-refractivity contribution in [3.63, 3.8) is 0 Å². The van der Waals surface area contributed by atoms with Gasteiger partial charge in [-0.3, -0.25) is 0 Å². The Kier molecular flexibility index (Phi) is 8.12. The van der Waals surface area contributed by atoms with Crippen LogP contribution >= 0.6 is 0 Å². The summed E-state index contributed by atoms with van der Waals surface area (Å²) in [6.07, 6.45) is 0.744. The predicted molar refractivity (Wildman–Crippen MR) is 117 cm³/mol. The molecule has 0 aliphatic carbocycles. The van der Waals surface area contributed by atoms with E-state index in [0.29, 0.717) is 26.0 Å². The molecule has 0 saturated heterocycles. The highest BCUT2D eigenvalue weighted by atomic mass is 19.1. The standard InChI is InChI=1S/C26H29F2NO/c1-19-9-6-10-20(2)26(19)25(18-29-17-21-11-4-3-5-12-21)30-16-8-13-22-23(27)14-7-15-24(22)28/h3-7,9-12,14-15,25,29H,8,13,16-18H2,1-2H3. The summed E-state index contributed by atoms with van der Waals surface area (Å²) in [6, 6.07) is 20.4. The molecule has 0 spiro atoms. The van der Waals surface area contributed by atoms with E-state index in [2.05, 4.69) is 43.4 Å². The number of aryl methyl sites for hydroxylation is 2. The van der Waals surface area contributed by atoms with Crippen molar-refractivity contribution in [2.45, 2.75) is 39.3 Å². The van der Waals surface area contributed by atoms with Crippen molar-refractivity contribution in [3.05, 3.63) is 106 Å². The van der Waals surface area contributed by atoms with Crippen LogP contribution in [0.5, 0.6) is 0 Å². The van der Waals surface area contributed by atoms with E-state index in [-0.39, 0.29) is 11.7 Å². The molecule has 1 N–H and O–H groups in total. The van der Waals surface area contributed by atoms with Crippen molar-refractivity contribution in [2.75, 3.05) is 13.2 Å². The third-order valence-corrected chi connectivity index (χ3v) is 5.32. The summed E-state index contributed by atoms with van der Waals surface area (Å²) in [5.74, 6) is -0.989. The van der Waals surface area contributed by atoms with E-state index < -0.39 is 11.6 Å². The molecule has 0 amide bonds. The molecule has 0 fully saturated rings. The molecular formula is C26H29F2NO. The lowest BCUT2D eigenvalue weighted by atomic mass is 9.97. The summed E-state index contributed by atoms with van der Waals surface area (Å²) >= 11 is 0. The van der Waals surface area contributed by atoms with Crippen LogP contribution in [0.1, 0.15) is 40.3 Å². The van der Waals surface area contributed by atoms with Crippen molar-refractivity contribution < 1.29 is 13.5 Å². The second kappa shape index (κ2) is 11.0. The molecule has 30 heavy (non-hydrogen) atoms.